The van der Waals surface area contributed by atoms with E-state index in [0.717, 1.165) is 16.7 Å². The van der Waals surface area contributed by atoms with Gasteiger partial charge in [0, 0.05) is 0 Å². The fourth-order valence-corrected chi connectivity index (χ4v) is 4.30. The predicted molar refractivity (Wildman–Crippen MR) is 120 cm³/mol. The average molecular weight is 379 g/mol. The minimum atomic E-state index is -1.13. The van der Waals surface area contributed by atoms with Crippen LogP contribution in [0.4, 0.5) is 0 Å². The molecule has 0 radical (unpaired) electrons. The Bertz CT molecular complexity index is 987. The van der Waals surface area contributed by atoms with Crippen molar-refractivity contribution in [3.63, 3.8) is 0 Å². The molecular formula is C27H26N2. The van der Waals surface area contributed by atoms with E-state index >= 15 is 0 Å². The maximum Gasteiger partial charge on any atom is 0.104 e. The molecule has 0 aliphatic heterocycles. The van der Waals surface area contributed by atoms with E-state index in [1.54, 1.807) is 0 Å². The molecule has 2 nitrogen and oxygen atoms in total. The third-order valence-corrected chi connectivity index (χ3v) is 5.80. The summed E-state index contributed by atoms with van der Waals surface area (Å²) in [7, 11) is 0. The molecule has 0 aromatic heterocycles. The van der Waals surface area contributed by atoms with E-state index in [1.165, 1.54) is 5.56 Å². The van der Waals surface area contributed by atoms with E-state index < -0.39 is 11.1 Å². The van der Waals surface area contributed by atoms with E-state index in [0.29, 0.717) is 6.42 Å². The number of hydrogen-bond donors (Lipinski definition) is 2. The van der Waals surface area contributed by atoms with Crippen molar-refractivity contribution in [3.05, 3.63) is 144 Å². The molecule has 0 saturated heterocycles. The second-order valence-corrected chi connectivity index (χ2v) is 7.53. The molecule has 0 bridgehead atoms. The third kappa shape index (κ3) is 3.49. The zero-order valence-electron chi connectivity index (χ0n) is 16.4. The Morgan fingerprint density at radius 2 is 0.793 bits per heavy atom. The molecule has 29 heavy (non-hydrogen) atoms. The summed E-state index contributed by atoms with van der Waals surface area (Å²) in [6.07, 6.45) is 0.684. The first kappa shape index (κ1) is 19.1. The van der Waals surface area contributed by atoms with Gasteiger partial charge in [-0.2, -0.15) is 0 Å². The molecular weight excluding hydrogens is 352 g/mol. The molecule has 0 saturated carbocycles. The Kier molecular flexibility index (Phi) is 5.30. The van der Waals surface area contributed by atoms with Crippen LogP contribution in [0.1, 0.15) is 22.3 Å². The van der Waals surface area contributed by atoms with Crippen molar-refractivity contribution in [3.8, 4) is 0 Å². The molecule has 144 valence electrons. The van der Waals surface area contributed by atoms with Crippen molar-refractivity contribution in [2.45, 2.75) is 17.5 Å². The summed E-state index contributed by atoms with van der Waals surface area (Å²) in [5.74, 6) is 0. The van der Waals surface area contributed by atoms with Crippen LogP contribution in [0.25, 0.3) is 0 Å². The first-order chi connectivity index (χ1) is 14.1. The minimum Gasteiger partial charge on any atom is -0.309 e. The van der Waals surface area contributed by atoms with E-state index in [4.69, 9.17) is 11.5 Å². The average Bonchev–Trinajstić information content (AvgIpc) is 2.80. The van der Waals surface area contributed by atoms with Gasteiger partial charge in [-0.15, -0.1) is 0 Å². The molecule has 4 N–H and O–H groups in total. The fraction of sp³-hybridized carbons (Fsp3) is 0.111. The topological polar surface area (TPSA) is 52.0 Å². The molecule has 0 atom stereocenters. The lowest BCUT2D eigenvalue weighted by Gasteiger charge is -2.48. The van der Waals surface area contributed by atoms with Crippen molar-refractivity contribution in [1.82, 2.24) is 0 Å². The highest BCUT2D eigenvalue weighted by atomic mass is 15.0. The number of nitrogens with two attached hydrogens (primary N) is 2. The van der Waals surface area contributed by atoms with Crippen molar-refractivity contribution in [2.75, 3.05) is 0 Å². The van der Waals surface area contributed by atoms with Gasteiger partial charge < -0.3 is 11.5 Å². The first-order valence-corrected chi connectivity index (χ1v) is 9.93. The molecule has 2 heteroatoms. The lowest BCUT2D eigenvalue weighted by atomic mass is 9.61. The van der Waals surface area contributed by atoms with Crippen LogP contribution in [0.5, 0.6) is 0 Å². The minimum absolute atomic E-state index is 0.655. The third-order valence-electron chi connectivity index (χ3n) is 5.80. The Morgan fingerprint density at radius 1 is 0.448 bits per heavy atom. The summed E-state index contributed by atoms with van der Waals surface area (Å²) in [5.41, 5.74) is 16.7. The van der Waals surface area contributed by atoms with Gasteiger partial charge in [-0.1, -0.05) is 121 Å². The van der Waals surface area contributed by atoms with E-state index in [1.807, 2.05) is 48.5 Å². The van der Waals surface area contributed by atoms with Crippen LogP contribution < -0.4 is 11.5 Å². The number of benzene rings is 4. The largest absolute Gasteiger partial charge is 0.309 e. The maximum atomic E-state index is 7.11. The molecule has 0 aliphatic carbocycles. The number of rotatable bonds is 6. The van der Waals surface area contributed by atoms with Crippen LogP contribution >= 0.6 is 0 Å². The summed E-state index contributed by atoms with van der Waals surface area (Å²) in [5, 5.41) is 0. The summed E-state index contributed by atoms with van der Waals surface area (Å²) in [6.45, 7) is 0. The molecule has 0 amide bonds. The first-order valence-electron chi connectivity index (χ1n) is 9.93. The van der Waals surface area contributed by atoms with Crippen LogP contribution in [0.3, 0.4) is 0 Å². The van der Waals surface area contributed by atoms with E-state index in [2.05, 4.69) is 72.8 Å². The van der Waals surface area contributed by atoms with Gasteiger partial charge in [0.2, 0.25) is 0 Å². The SMILES string of the molecule is NC(N)(c1ccccc1)C(Cc1ccccc1)(c1ccccc1)c1ccccc1. The molecule has 0 aliphatic rings. The van der Waals surface area contributed by atoms with Gasteiger partial charge in [0.1, 0.15) is 5.66 Å². The van der Waals surface area contributed by atoms with Gasteiger partial charge >= 0.3 is 0 Å². The fourth-order valence-electron chi connectivity index (χ4n) is 4.30. The quantitative estimate of drug-likeness (QED) is 0.465. The van der Waals surface area contributed by atoms with E-state index in [-0.39, 0.29) is 0 Å². The molecule has 0 fully saturated rings. The highest BCUT2D eigenvalue weighted by molar-refractivity contribution is 5.49. The summed E-state index contributed by atoms with van der Waals surface area (Å²) < 4.78 is 0. The van der Waals surface area contributed by atoms with Gasteiger partial charge in [-0.05, 0) is 28.7 Å². The molecule has 4 aromatic rings. The lowest BCUT2D eigenvalue weighted by Crippen LogP contribution is -2.63. The second kappa shape index (κ2) is 8.04. The smallest absolute Gasteiger partial charge is 0.104 e. The molecule has 4 rings (SSSR count). The van der Waals surface area contributed by atoms with Crippen molar-refractivity contribution in [1.29, 1.82) is 0 Å². The zero-order chi connectivity index (χ0) is 20.2. The number of hydrogen-bond acceptors (Lipinski definition) is 2. The van der Waals surface area contributed by atoms with Gasteiger partial charge in [0.15, 0.2) is 0 Å². The lowest BCUT2D eigenvalue weighted by molar-refractivity contribution is 0.266. The highest BCUT2D eigenvalue weighted by Gasteiger charge is 2.50. The Morgan fingerprint density at radius 3 is 1.21 bits per heavy atom. The highest BCUT2D eigenvalue weighted by Crippen LogP contribution is 2.45. The predicted octanol–water partition coefficient (Wildman–Crippen LogP) is 4.99. The van der Waals surface area contributed by atoms with E-state index in [9.17, 15) is 0 Å². The van der Waals surface area contributed by atoms with Crippen LogP contribution in [-0.2, 0) is 17.5 Å². The van der Waals surface area contributed by atoms with Gasteiger partial charge in [-0.25, -0.2) is 0 Å². The van der Waals surface area contributed by atoms with Gasteiger partial charge in [0.25, 0.3) is 0 Å². The normalized spacial score (nSPS) is 11.9. The van der Waals surface area contributed by atoms with Crippen LogP contribution in [0.2, 0.25) is 0 Å². The van der Waals surface area contributed by atoms with Gasteiger partial charge in [0.05, 0.1) is 5.41 Å². The maximum absolute atomic E-state index is 7.11. The molecule has 0 heterocycles. The standard InChI is InChI=1S/C27H26N2/c28-27(29,25-19-11-4-12-20-25)26(23-15-7-2-8-16-23,24-17-9-3-10-18-24)21-22-13-5-1-6-14-22/h1-20H,21,28-29H2. The van der Waals surface area contributed by atoms with Crippen LogP contribution in [-0.4, -0.2) is 0 Å². The Hall–Kier alpha value is -3.20. The molecule has 0 unspecified atom stereocenters. The zero-order valence-corrected chi connectivity index (χ0v) is 16.4. The molecule has 0 spiro atoms. The van der Waals surface area contributed by atoms with Crippen molar-refractivity contribution >= 4 is 0 Å². The monoisotopic (exact) mass is 378 g/mol. The van der Waals surface area contributed by atoms with Crippen molar-refractivity contribution in [2.24, 2.45) is 11.5 Å². The molecule has 4 aromatic carbocycles. The van der Waals surface area contributed by atoms with Crippen LogP contribution in [0.15, 0.2) is 121 Å². The summed E-state index contributed by atoms with van der Waals surface area (Å²) in [6, 6.07) is 41.3. The summed E-state index contributed by atoms with van der Waals surface area (Å²) >= 11 is 0. The second-order valence-electron chi connectivity index (χ2n) is 7.53. The van der Waals surface area contributed by atoms with Gasteiger partial charge in [-0.3, -0.25) is 0 Å². The summed E-state index contributed by atoms with van der Waals surface area (Å²) in [4.78, 5) is 0. The van der Waals surface area contributed by atoms with Crippen molar-refractivity contribution < 1.29 is 0 Å². The Balaban J connectivity index is 2.03. The Labute approximate surface area is 172 Å². The van der Waals surface area contributed by atoms with Crippen LogP contribution in [0, 0.1) is 0 Å².